The second-order valence-electron chi connectivity index (χ2n) is 4.84. The van der Waals surface area contributed by atoms with Gasteiger partial charge >= 0.3 is 0 Å². The summed E-state index contributed by atoms with van der Waals surface area (Å²) in [5.74, 6) is 0.0189. The maximum Gasteiger partial charge on any atom is 0.272 e. The summed E-state index contributed by atoms with van der Waals surface area (Å²) in [7, 11) is 0. The lowest BCUT2D eigenvalue weighted by atomic mass is 10.0. The maximum absolute atomic E-state index is 12.5. The molecule has 0 atom stereocenters. The molecule has 21 heavy (non-hydrogen) atoms. The minimum atomic E-state index is 0. The fourth-order valence-corrected chi connectivity index (χ4v) is 2.57. The number of piperidine rings is 1. The number of amides is 1. The Bertz CT molecular complexity index is 422. The van der Waals surface area contributed by atoms with Gasteiger partial charge in [0.25, 0.3) is 5.91 Å². The molecule has 0 aliphatic carbocycles. The standard InChI is InChI=1S/C14H20ClN3O.2ClH/c1-2-9-18(12-5-7-16-8-6-12)14(19)13-4-3-11(15)10-17-13;;/h3-4,10,12,16H,2,5-9H2,1H3;2*1H. The Morgan fingerprint density at radius 2 is 2.05 bits per heavy atom. The quantitative estimate of drug-likeness (QED) is 0.903. The Morgan fingerprint density at radius 1 is 1.38 bits per heavy atom. The predicted molar refractivity (Wildman–Crippen MR) is 91.0 cm³/mol. The van der Waals surface area contributed by atoms with Crippen molar-refractivity contribution in [2.24, 2.45) is 0 Å². The van der Waals surface area contributed by atoms with Crippen LogP contribution in [0.2, 0.25) is 5.02 Å². The molecular formula is C14H22Cl3N3O. The summed E-state index contributed by atoms with van der Waals surface area (Å²) in [5.41, 5.74) is 0.483. The van der Waals surface area contributed by atoms with Gasteiger partial charge in [-0.1, -0.05) is 18.5 Å². The van der Waals surface area contributed by atoms with Gasteiger partial charge in [0.1, 0.15) is 5.69 Å². The van der Waals surface area contributed by atoms with Crippen LogP contribution in [0.25, 0.3) is 0 Å². The normalized spacial score (nSPS) is 14.8. The predicted octanol–water partition coefficient (Wildman–Crippen LogP) is 3.18. The zero-order valence-corrected chi connectivity index (χ0v) is 14.4. The number of halogens is 3. The van der Waals surface area contributed by atoms with Crippen LogP contribution in [0.15, 0.2) is 18.3 Å². The zero-order chi connectivity index (χ0) is 13.7. The van der Waals surface area contributed by atoms with E-state index in [9.17, 15) is 4.79 Å². The highest BCUT2D eigenvalue weighted by molar-refractivity contribution is 6.30. The average Bonchev–Trinajstić information content (AvgIpc) is 2.46. The van der Waals surface area contributed by atoms with E-state index in [1.165, 1.54) is 6.20 Å². The van der Waals surface area contributed by atoms with Crippen molar-refractivity contribution in [3.8, 4) is 0 Å². The highest BCUT2D eigenvalue weighted by atomic mass is 35.5. The third-order valence-corrected chi connectivity index (χ3v) is 3.64. The summed E-state index contributed by atoms with van der Waals surface area (Å²) in [6.07, 6.45) is 4.52. The third-order valence-electron chi connectivity index (χ3n) is 3.42. The summed E-state index contributed by atoms with van der Waals surface area (Å²) < 4.78 is 0. The van der Waals surface area contributed by atoms with E-state index in [1.54, 1.807) is 12.1 Å². The number of pyridine rings is 1. The molecule has 7 heteroatoms. The van der Waals surface area contributed by atoms with Gasteiger partial charge in [-0.15, -0.1) is 24.8 Å². The summed E-state index contributed by atoms with van der Waals surface area (Å²) in [6.45, 7) is 4.84. The minimum Gasteiger partial charge on any atom is -0.334 e. The summed E-state index contributed by atoms with van der Waals surface area (Å²) >= 11 is 5.81. The Morgan fingerprint density at radius 3 is 2.57 bits per heavy atom. The van der Waals surface area contributed by atoms with Crippen LogP contribution >= 0.6 is 36.4 Å². The van der Waals surface area contributed by atoms with Crippen LogP contribution in [0.5, 0.6) is 0 Å². The van der Waals surface area contributed by atoms with Crippen LogP contribution in [0.3, 0.4) is 0 Å². The molecule has 0 spiro atoms. The van der Waals surface area contributed by atoms with Crippen molar-refractivity contribution < 1.29 is 4.79 Å². The van der Waals surface area contributed by atoms with Crippen LogP contribution in [0.4, 0.5) is 0 Å². The number of nitrogens with one attached hydrogen (secondary N) is 1. The average molecular weight is 355 g/mol. The molecule has 0 bridgehead atoms. The third kappa shape index (κ3) is 5.62. The summed E-state index contributed by atoms with van der Waals surface area (Å²) in [5, 5.41) is 3.88. The van der Waals surface area contributed by atoms with Crippen molar-refractivity contribution in [1.29, 1.82) is 0 Å². The first-order valence-electron chi connectivity index (χ1n) is 6.85. The van der Waals surface area contributed by atoms with Gasteiger partial charge in [0, 0.05) is 18.8 Å². The maximum atomic E-state index is 12.5. The molecule has 1 aliphatic rings. The van der Waals surface area contributed by atoms with Crippen molar-refractivity contribution in [2.75, 3.05) is 19.6 Å². The van der Waals surface area contributed by atoms with Crippen molar-refractivity contribution in [2.45, 2.75) is 32.2 Å². The first-order valence-corrected chi connectivity index (χ1v) is 7.23. The number of aromatic nitrogens is 1. The lowest BCUT2D eigenvalue weighted by Crippen LogP contribution is -2.46. The molecule has 0 aromatic carbocycles. The van der Waals surface area contributed by atoms with Gasteiger partial charge in [0.05, 0.1) is 5.02 Å². The molecule has 1 N–H and O–H groups in total. The molecule has 1 aliphatic heterocycles. The molecule has 2 rings (SSSR count). The molecule has 1 amide bonds. The SMILES string of the molecule is CCCN(C(=O)c1ccc(Cl)cn1)C1CCNCC1.Cl.Cl. The van der Waals surface area contributed by atoms with E-state index in [4.69, 9.17) is 11.6 Å². The van der Waals surface area contributed by atoms with Crippen LogP contribution in [-0.2, 0) is 0 Å². The van der Waals surface area contributed by atoms with Crippen molar-refractivity contribution in [3.05, 3.63) is 29.0 Å². The van der Waals surface area contributed by atoms with E-state index in [1.807, 2.05) is 4.90 Å². The van der Waals surface area contributed by atoms with E-state index in [-0.39, 0.29) is 30.7 Å². The van der Waals surface area contributed by atoms with Gasteiger partial charge in [-0.25, -0.2) is 4.98 Å². The number of carbonyl (C=O) groups excluding carboxylic acids is 1. The summed E-state index contributed by atoms with van der Waals surface area (Å²) in [4.78, 5) is 18.7. The highest BCUT2D eigenvalue weighted by Crippen LogP contribution is 2.16. The van der Waals surface area contributed by atoms with Crippen LogP contribution in [0, 0.1) is 0 Å². The van der Waals surface area contributed by atoms with Crippen LogP contribution < -0.4 is 5.32 Å². The molecule has 0 radical (unpaired) electrons. The van der Waals surface area contributed by atoms with Gasteiger partial charge in [-0.05, 0) is 44.5 Å². The van der Waals surface area contributed by atoms with Crippen molar-refractivity contribution >= 4 is 42.3 Å². The fourth-order valence-electron chi connectivity index (χ4n) is 2.46. The largest absolute Gasteiger partial charge is 0.334 e. The number of rotatable bonds is 4. The molecule has 2 heterocycles. The van der Waals surface area contributed by atoms with Gasteiger partial charge in [-0.2, -0.15) is 0 Å². The Balaban J connectivity index is 0.00000200. The van der Waals surface area contributed by atoms with E-state index in [0.29, 0.717) is 16.8 Å². The monoisotopic (exact) mass is 353 g/mol. The molecule has 0 saturated carbocycles. The molecule has 120 valence electrons. The Labute approximate surface area is 143 Å². The second kappa shape index (κ2) is 10.2. The van der Waals surface area contributed by atoms with E-state index in [2.05, 4.69) is 17.2 Å². The molecule has 1 fully saturated rings. The molecular weight excluding hydrogens is 333 g/mol. The number of nitrogens with zero attached hydrogens (tertiary/aromatic N) is 2. The van der Waals surface area contributed by atoms with E-state index < -0.39 is 0 Å². The Kier molecular flexibility index (Phi) is 9.95. The number of hydrogen-bond acceptors (Lipinski definition) is 3. The molecule has 0 unspecified atom stereocenters. The number of carbonyl (C=O) groups is 1. The first kappa shape index (κ1) is 20.5. The lowest BCUT2D eigenvalue weighted by molar-refractivity contribution is 0.0636. The van der Waals surface area contributed by atoms with Crippen LogP contribution in [0.1, 0.15) is 36.7 Å². The second-order valence-corrected chi connectivity index (χ2v) is 5.28. The smallest absolute Gasteiger partial charge is 0.272 e. The topological polar surface area (TPSA) is 45.2 Å². The highest BCUT2D eigenvalue weighted by Gasteiger charge is 2.26. The Hall–Kier alpha value is -0.550. The van der Waals surface area contributed by atoms with Crippen molar-refractivity contribution in [1.82, 2.24) is 15.2 Å². The van der Waals surface area contributed by atoms with Gasteiger partial charge < -0.3 is 10.2 Å². The molecule has 4 nitrogen and oxygen atoms in total. The molecule has 1 saturated heterocycles. The van der Waals surface area contributed by atoms with Gasteiger partial charge in [0.15, 0.2) is 0 Å². The van der Waals surface area contributed by atoms with Gasteiger partial charge in [-0.3, -0.25) is 4.79 Å². The minimum absolute atomic E-state index is 0. The van der Waals surface area contributed by atoms with E-state index >= 15 is 0 Å². The molecule has 1 aromatic rings. The lowest BCUT2D eigenvalue weighted by Gasteiger charge is -2.34. The molecule has 1 aromatic heterocycles. The fraction of sp³-hybridized carbons (Fsp3) is 0.571. The summed E-state index contributed by atoms with van der Waals surface area (Å²) in [6, 6.07) is 3.74. The number of hydrogen-bond donors (Lipinski definition) is 1. The van der Waals surface area contributed by atoms with E-state index in [0.717, 1.165) is 38.9 Å². The first-order chi connectivity index (χ1) is 9.22. The zero-order valence-electron chi connectivity index (χ0n) is 12.0. The van der Waals surface area contributed by atoms with Crippen molar-refractivity contribution in [3.63, 3.8) is 0 Å². The van der Waals surface area contributed by atoms with Gasteiger partial charge in [0.2, 0.25) is 0 Å². The van der Waals surface area contributed by atoms with Crippen LogP contribution in [-0.4, -0.2) is 41.5 Å².